The average molecular weight is 402 g/mol. The van der Waals surface area contributed by atoms with Crippen LogP contribution in [-0.4, -0.2) is 38.5 Å². The van der Waals surface area contributed by atoms with Gasteiger partial charge in [-0.2, -0.15) is 0 Å². The van der Waals surface area contributed by atoms with Crippen LogP contribution in [0.3, 0.4) is 0 Å². The van der Waals surface area contributed by atoms with Crippen molar-refractivity contribution < 1.29 is 9.53 Å². The molecule has 0 amide bonds. The molecule has 1 aliphatic heterocycles. The Labute approximate surface area is 174 Å². The fourth-order valence-electron chi connectivity index (χ4n) is 4.62. The molecule has 3 nitrogen and oxygen atoms in total. The van der Waals surface area contributed by atoms with Gasteiger partial charge in [-0.15, -0.1) is 0 Å². The average Bonchev–Trinajstić information content (AvgIpc) is 3.01. The molecule has 0 bridgehead atoms. The van der Waals surface area contributed by atoms with Gasteiger partial charge in [0.1, 0.15) is 0 Å². The third-order valence-electron chi connectivity index (χ3n) is 6.05. The number of hydrogen-bond donors (Lipinski definition) is 0. The second kappa shape index (κ2) is 8.76. The quantitative estimate of drug-likeness (QED) is 0.374. The highest BCUT2D eigenvalue weighted by molar-refractivity contribution is 7.09. The van der Waals surface area contributed by atoms with Gasteiger partial charge in [0.2, 0.25) is 8.24 Å². The van der Waals surface area contributed by atoms with Gasteiger partial charge >= 0.3 is 5.97 Å². The molecular weight excluding hydrogens is 374 g/mol. The number of rotatable bonds is 5. The van der Waals surface area contributed by atoms with Gasteiger partial charge in [-0.3, -0.25) is 4.79 Å². The van der Waals surface area contributed by atoms with Crippen LogP contribution in [0, 0.1) is 0 Å². The Morgan fingerprint density at radius 2 is 1.21 bits per heavy atom. The summed E-state index contributed by atoms with van der Waals surface area (Å²) in [5, 5.41) is 4.07. The summed E-state index contributed by atoms with van der Waals surface area (Å²) in [6.07, 6.45) is 2.18. The molecule has 0 N–H and O–H groups in total. The number of benzene rings is 3. The molecule has 29 heavy (non-hydrogen) atoms. The number of nitrogens with zero attached hydrogens (tertiary/aromatic N) is 1. The van der Waals surface area contributed by atoms with Crippen molar-refractivity contribution in [3.8, 4) is 0 Å². The van der Waals surface area contributed by atoms with Crippen LogP contribution in [0.15, 0.2) is 91.0 Å². The van der Waals surface area contributed by atoms with Crippen molar-refractivity contribution in [2.24, 2.45) is 0 Å². The van der Waals surface area contributed by atoms with Gasteiger partial charge in [-0.05, 0) is 35.4 Å². The van der Waals surface area contributed by atoms with Gasteiger partial charge in [-0.25, -0.2) is 0 Å². The molecule has 1 heterocycles. The minimum Gasteiger partial charge on any atom is -0.466 e. The van der Waals surface area contributed by atoms with Gasteiger partial charge in [-0.1, -0.05) is 91.0 Å². The van der Waals surface area contributed by atoms with E-state index in [4.69, 9.17) is 4.74 Å². The number of carbonyl (C=O) groups is 1. The van der Waals surface area contributed by atoms with E-state index in [1.54, 1.807) is 0 Å². The van der Waals surface area contributed by atoms with E-state index in [0.29, 0.717) is 13.0 Å². The molecule has 3 aromatic carbocycles. The minimum absolute atomic E-state index is 0.0766. The number of ether oxygens (including phenoxy) is 1. The first-order valence-corrected chi connectivity index (χ1v) is 12.2. The third-order valence-corrected chi connectivity index (χ3v) is 11.0. The van der Waals surface area contributed by atoms with E-state index in [2.05, 4.69) is 103 Å². The Balaban J connectivity index is 1.93. The molecular formula is C25H27NO2Si. The molecule has 3 aromatic rings. The van der Waals surface area contributed by atoms with Gasteiger partial charge in [0.05, 0.1) is 6.61 Å². The topological polar surface area (TPSA) is 29.5 Å². The predicted octanol–water partition coefficient (Wildman–Crippen LogP) is 2.68. The molecule has 4 heteroatoms. The van der Waals surface area contributed by atoms with Crippen LogP contribution >= 0.6 is 0 Å². The van der Waals surface area contributed by atoms with Gasteiger partial charge in [0.25, 0.3) is 0 Å². The van der Waals surface area contributed by atoms with Crippen LogP contribution in [-0.2, 0) is 9.53 Å². The summed E-state index contributed by atoms with van der Waals surface area (Å²) in [6, 6.07) is 32.9. The Hall–Kier alpha value is -2.69. The highest BCUT2D eigenvalue weighted by Crippen LogP contribution is 2.21. The third kappa shape index (κ3) is 3.78. The standard InChI is InChI=1S/C25H27NO2Si/c1-26(21-17-18-25(27)28-20-19-21)29(22-11-5-2-6-12-22,23-13-7-3-8-14-23)24-15-9-4-10-16-24/h2-16,21H,17-20H2,1H3. The molecule has 1 atom stereocenters. The van der Waals surface area contributed by atoms with Crippen LogP contribution in [0.1, 0.15) is 19.3 Å². The minimum atomic E-state index is -2.49. The first kappa shape index (κ1) is 19.6. The van der Waals surface area contributed by atoms with Crippen LogP contribution in [0.5, 0.6) is 0 Å². The fraction of sp³-hybridized carbons (Fsp3) is 0.240. The molecule has 0 aliphatic carbocycles. The van der Waals surface area contributed by atoms with E-state index in [1.807, 2.05) is 0 Å². The molecule has 1 aliphatic rings. The van der Waals surface area contributed by atoms with Crippen molar-refractivity contribution in [2.45, 2.75) is 25.3 Å². The van der Waals surface area contributed by atoms with E-state index >= 15 is 0 Å². The van der Waals surface area contributed by atoms with Gasteiger partial charge < -0.3 is 9.30 Å². The lowest BCUT2D eigenvalue weighted by molar-refractivity contribution is -0.142. The maximum absolute atomic E-state index is 11.9. The normalized spacial score (nSPS) is 17.6. The van der Waals surface area contributed by atoms with Gasteiger partial charge in [0.15, 0.2) is 0 Å². The summed E-state index contributed by atoms with van der Waals surface area (Å²) in [6.45, 7) is 0.497. The van der Waals surface area contributed by atoms with E-state index in [1.165, 1.54) is 15.6 Å². The van der Waals surface area contributed by atoms with Crippen LogP contribution in [0.4, 0.5) is 0 Å². The highest BCUT2D eigenvalue weighted by atomic mass is 28.3. The number of carbonyl (C=O) groups excluding carboxylic acids is 1. The number of hydrogen-bond acceptors (Lipinski definition) is 3. The van der Waals surface area contributed by atoms with Crippen LogP contribution in [0.2, 0.25) is 0 Å². The SMILES string of the molecule is CN(C1CCOC(=O)CC1)[Si](c1ccccc1)(c1ccccc1)c1ccccc1. The van der Waals surface area contributed by atoms with Crippen molar-refractivity contribution >= 4 is 29.8 Å². The fourth-order valence-corrected chi connectivity index (χ4v) is 9.67. The summed E-state index contributed by atoms with van der Waals surface area (Å²) in [7, 11) is -0.243. The summed E-state index contributed by atoms with van der Waals surface area (Å²) >= 11 is 0. The maximum Gasteiger partial charge on any atom is 0.305 e. The summed E-state index contributed by atoms with van der Waals surface area (Å²) in [4.78, 5) is 11.9. The monoisotopic (exact) mass is 401 g/mol. The van der Waals surface area contributed by atoms with Crippen molar-refractivity contribution in [3.05, 3.63) is 91.0 Å². The van der Waals surface area contributed by atoms with Crippen LogP contribution in [0.25, 0.3) is 0 Å². The Kier molecular flexibility index (Phi) is 5.93. The predicted molar refractivity (Wildman–Crippen MR) is 120 cm³/mol. The Morgan fingerprint density at radius 3 is 1.66 bits per heavy atom. The molecule has 4 rings (SSSR count). The van der Waals surface area contributed by atoms with Crippen molar-refractivity contribution in [3.63, 3.8) is 0 Å². The van der Waals surface area contributed by atoms with E-state index < -0.39 is 8.24 Å². The molecule has 1 saturated heterocycles. The molecule has 1 unspecified atom stereocenters. The van der Waals surface area contributed by atoms with Crippen molar-refractivity contribution in [1.29, 1.82) is 0 Å². The van der Waals surface area contributed by atoms with E-state index in [0.717, 1.165) is 12.8 Å². The number of esters is 1. The first-order valence-electron chi connectivity index (χ1n) is 10.3. The lowest BCUT2D eigenvalue weighted by Crippen LogP contribution is -2.78. The zero-order valence-corrected chi connectivity index (χ0v) is 17.8. The largest absolute Gasteiger partial charge is 0.466 e. The summed E-state index contributed by atoms with van der Waals surface area (Å²) in [5.41, 5.74) is 0. The van der Waals surface area contributed by atoms with E-state index in [9.17, 15) is 4.79 Å². The first-order chi connectivity index (χ1) is 14.2. The lowest BCUT2D eigenvalue weighted by Gasteiger charge is -2.45. The second-order valence-electron chi connectivity index (χ2n) is 7.62. The molecule has 0 saturated carbocycles. The number of cyclic esters (lactones) is 1. The molecule has 148 valence electrons. The molecule has 0 radical (unpaired) electrons. The van der Waals surface area contributed by atoms with Crippen molar-refractivity contribution in [1.82, 2.24) is 4.57 Å². The van der Waals surface area contributed by atoms with E-state index in [-0.39, 0.29) is 12.0 Å². The zero-order chi connectivity index (χ0) is 20.1. The summed E-state index contributed by atoms with van der Waals surface area (Å²) in [5.74, 6) is -0.0766. The molecule has 0 spiro atoms. The highest BCUT2D eigenvalue weighted by Gasteiger charge is 2.46. The Morgan fingerprint density at radius 1 is 0.759 bits per heavy atom. The molecule has 0 aromatic heterocycles. The Bertz CT molecular complexity index is 834. The zero-order valence-electron chi connectivity index (χ0n) is 16.8. The summed E-state index contributed by atoms with van der Waals surface area (Å²) < 4.78 is 7.96. The van der Waals surface area contributed by atoms with Gasteiger partial charge in [0, 0.05) is 12.5 Å². The molecule has 1 fully saturated rings. The second-order valence-corrected chi connectivity index (χ2v) is 11.5. The van der Waals surface area contributed by atoms with Crippen LogP contribution < -0.4 is 15.6 Å². The smallest absolute Gasteiger partial charge is 0.305 e. The lowest BCUT2D eigenvalue weighted by atomic mass is 10.1. The maximum atomic E-state index is 11.9. The van der Waals surface area contributed by atoms with Crippen molar-refractivity contribution in [2.75, 3.05) is 13.7 Å².